The third-order valence-electron chi connectivity index (χ3n) is 4.97. The molecule has 0 aliphatic rings. The van der Waals surface area contributed by atoms with Gasteiger partial charge in [0.25, 0.3) is 0 Å². The summed E-state index contributed by atoms with van der Waals surface area (Å²) in [6, 6.07) is 23.8. The zero-order valence-corrected chi connectivity index (χ0v) is 13.9. The van der Waals surface area contributed by atoms with E-state index >= 15 is 0 Å². The Kier molecular flexibility index (Phi) is 3.35. The molecule has 3 nitrogen and oxygen atoms in total. The van der Waals surface area contributed by atoms with Crippen LogP contribution in [0.1, 0.15) is 0 Å². The summed E-state index contributed by atoms with van der Waals surface area (Å²) >= 11 is 0. The minimum Gasteiger partial charge on any atom is -0.464 e. The van der Waals surface area contributed by atoms with Crippen molar-refractivity contribution in [2.45, 2.75) is 0 Å². The lowest BCUT2D eigenvalue weighted by atomic mass is 9.72. The van der Waals surface area contributed by atoms with Crippen molar-refractivity contribution >= 4 is 45.1 Å². The average molecular weight is 338 g/mol. The molecule has 0 unspecified atom stereocenters. The van der Waals surface area contributed by atoms with E-state index < -0.39 is 7.12 Å². The fourth-order valence-corrected chi connectivity index (χ4v) is 3.87. The molecule has 0 aliphatic carbocycles. The summed E-state index contributed by atoms with van der Waals surface area (Å²) in [5.41, 5.74) is 3.56. The molecular formula is C22H15BO3. The standard InChI is InChI=1S/C22H15BO3/c24-23(25)22-18-7-3-1-5-16(18)21(17-6-2-4-8-19(17)22)15-9-10-20-14(13-15)11-12-26-20/h1-13,24-25H. The van der Waals surface area contributed by atoms with Crippen molar-refractivity contribution in [3.05, 3.63) is 79.1 Å². The summed E-state index contributed by atoms with van der Waals surface area (Å²) in [6.45, 7) is 0. The Morgan fingerprint density at radius 1 is 0.692 bits per heavy atom. The van der Waals surface area contributed by atoms with E-state index in [0.29, 0.717) is 5.46 Å². The molecule has 0 spiro atoms. The van der Waals surface area contributed by atoms with E-state index in [2.05, 4.69) is 12.1 Å². The van der Waals surface area contributed by atoms with Crippen LogP contribution in [0.3, 0.4) is 0 Å². The fraction of sp³-hybridized carbons (Fsp3) is 0. The third kappa shape index (κ3) is 2.17. The van der Waals surface area contributed by atoms with Crippen LogP contribution in [0.15, 0.2) is 83.5 Å². The number of hydrogen-bond acceptors (Lipinski definition) is 3. The minimum absolute atomic E-state index is 0.546. The molecule has 1 heterocycles. The van der Waals surface area contributed by atoms with E-state index in [0.717, 1.165) is 43.6 Å². The van der Waals surface area contributed by atoms with Gasteiger partial charge >= 0.3 is 7.12 Å². The zero-order chi connectivity index (χ0) is 17.7. The lowest BCUT2D eigenvalue weighted by Gasteiger charge is -2.16. The normalized spacial score (nSPS) is 11.5. The Hall–Kier alpha value is -3.08. The first-order chi connectivity index (χ1) is 12.7. The average Bonchev–Trinajstić information content (AvgIpc) is 3.13. The predicted octanol–water partition coefficient (Wildman–Crippen LogP) is 4.09. The van der Waals surface area contributed by atoms with Crippen LogP contribution in [0, 0.1) is 0 Å². The summed E-state index contributed by atoms with van der Waals surface area (Å²) in [5.74, 6) is 0. The second-order valence-electron chi connectivity index (χ2n) is 6.43. The number of hydrogen-bond donors (Lipinski definition) is 2. The van der Waals surface area contributed by atoms with Crippen LogP contribution in [0.4, 0.5) is 0 Å². The van der Waals surface area contributed by atoms with Crippen molar-refractivity contribution in [2.24, 2.45) is 0 Å². The minimum atomic E-state index is -1.53. The molecule has 0 saturated heterocycles. The molecule has 2 N–H and O–H groups in total. The molecule has 0 fully saturated rings. The van der Waals surface area contributed by atoms with Gasteiger partial charge in [-0.3, -0.25) is 0 Å². The molecule has 0 bridgehead atoms. The zero-order valence-electron chi connectivity index (χ0n) is 13.9. The highest BCUT2D eigenvalue weighted by Gasteiger charge is 2.22. The van der Waals surface area contributed by atoms with Crippen LogP contribution < -0.4 is 5.46 Å². The number of benzene rings is 4. The Balaban J connectivity index is 1.99. The monoisotopic (exact) mass is 338 g/mol. The number of furan rings is 1. The molecule has 0 amide bonds. The van der Waals surface area contributed by atoms with Crippen LogP contribution in [-0.2, 0) is 0 Å². The molecule has 0 atom stereocenters. The van der Waals surface area contributed by atoms with Crippen molar-refractivity contribution < 1.29 is 14.5 Å². The van der Waals surface area contributed by atoms with Crippen LogP contribution in [0.2, 0.25) is 0 Å². The predicted molar refractivity (Wildman–Crippen MR) is 106 cm³/mol. The maximum absolute atomic E-state index is 10.0. The maximum atomic E-state index is 10.0. The van der Waals surface area contributed by atoms with Crippen LogP contribution in [0.25, 0.3) is 43.6 Å². The van der Waals surface area contributed by atoms with Crippen molar-refractivity contribution in [2.75, 3.05) is 0 Å². The molecule has 1 aromatic heterocycles. The highest BCUT2D eigenvalue weighted by atomic mass is 16.4. The third-order valence-corrected chi connectivity index (χ3v) is 4.97. The maximum Gasteiger partial charge on any atom is 0.489 e. The van der Waals surface area contributed by atoms with Crippen molar-refractivity contribution in [3.8, 4) is 11.1 Å². The van der Waals surface area contributed by atoms with E-state index in [-0.39, 0.29) is 0 Å². The van der Waals surface area contributed by atoms with Gasteiger partial charge in [0.15, 0.2) is 0 Å². The van der Waals surface area contributed by atoms with Gasteiger partial charge in [0.05, 0.1) is 6.26 Å². The molecular weight excluding hydrogens is 323 g/mol. The van der Waals surface area contributed by atoms with E-state index in [1.165, 1.54) is 0 Å². The Bertz CT molecular complexity index is 1210. The van der Waals surface area contributed by atoms with Crippen molar-refractivity contribution in [3.63, 3.8) is 0 Å². The number of fused-ring (bicyclic) bond motifs is 3. The van der Waals surface area contributed by atoms with Crippen molar-refractivity contribution in [1.82, 2.24) is 0 Å². The highest BCUT2D eigenvalue weighted by molar-refractivity contribution is 6.66. The Morgan fingerprint density at radius 3 is 1.92 bits per heavy atom. The molecule has 0 saturated carbocycles. The second-order valence-corrected chi connectivity index (χ2v) is 6.43. The molecule has 4 aromatic carbocycles. The van der Waals surface area contributed by atoms with Crippen LogP contribution >= 0.6 is 0 Å². The molecule has 0 radical (unpaired) electrons. The van der Waals surface area contributed by atoms with Gasteiger partial charge in [-0.1, -0.05) is 54.6 Å². The summed E-state index contributed by atoms with van der Waals surface area (Å²) in [4.78, 5) is 0. The summed E-state index contributed by atoms with van der Waals surface area (Å²) in [5, 5.41) is 24.8. The summed E-state index contributed by atoms with van der Waals surface area (Å²) in [7, 11) is -1.53. The van der Waals surface area contributed by atoms with E-state index in [1.807, 2.05) is 60.7 Å². The lowest BCUT2D eigenvalue weighted by Crippen LogP contribution is -2.31. The topological polar surface area (TPSA) is 53.6 Å². The summed E-state index contributed by atoms with van der Waals surface area (Å²) in [6.07, 6.45) is 1.69. The first-order valence-electron chi connectivity index (χ1n) is 8.51. The SMILES string of the molecule is OB(O)c1c2ccccc2c(-c2ccc3occc3c2)c2ccccc12. The largest absolute Gasteiger partial charge is 0.489 e. The van der Waals surface area contributed by atoms with E-state index in [1.54, 1.807) is 6.26 Å². The summed E-state index contributed by atoms with van der Waals surface area (Å²) < 4.78 is 5.47. The van der Waals surface area contributed by atoms with E-state index in [9.17, 15) is 10.0 Å². The molecule has 124 valence electrons. The molecule has 5 rings (SSSR count). The second kappa shape index (κ2) is 5.73. The van der Waals surface area contributed by atoms with Gasteiger partial charge in [-0.25, -0.2) is 0 Å². The first kappa shape index (κ1) is 15.2. The van der Waals surface area contributed by atoms with Gasteiger partial charge in [0.2, 0.25) is 0 Å². The molecule has 4 heteroatoms. The smallest absolute Gasteiger partial charge is 0.464 e. The fourth-order valence-electron chi connectivity index (χ4n) is 3.87. The highest BCUT2D eigenvalue weighted by Crippen LogP contribution is 2.36. The molecule has 26 heavy (non-hydrogen) atoms. The first-order valence-corrected chi connectivity index (χ1v) is 8.51. The van der Waals surface area contributed by atoms with Crippen LogP contribution in [-0.4, -0.2) is 17.2 Å². The van der Waals surface area contributed by atoms with Gasteiger partial charge in [-0.05, 0) is 56.3 Å². The van der Waals surface area contributed by atoms with Crippen LogP contribution in [0.5, 0.6) is 0 Å². The molecule has 5 aromatic rings. The van der Waals surface area contributed by atoms with Gasteiger partial charge in [-0.15, -0.1) is 0 Å². The van der Waals surface area contributed by atoms with Gasteiger partial charge in [0.1, 0.15) is 5.58 Å². The van der Waals surface area contributed by atoms with Gasteiger partial charge in [0, 0.05) is 5.39 Å². The lowest BCUT2D eigenvalue weighted by molar-refractivity contribution is 0.426. The van der Waals surface area contributed by atoms with Gasteiger partial charge < -0.3 is 14.5 Å². The molecule has 0 aliphatic heterocycles. The Morgan fingerprint density at radius 2 is 1.31 bits per heavy atom. The van der Waals surface area contributed by atoms with E-state index in [4.69, 9.17) is 4.42 Å². The quantitative estimate of drug-likeness (QED) is 0.377. The number of rotatable bonds is 2. The Labute approximate surface area is 150 Å². The van der Waals surface area contributed by atoms with Crippen molar-refractivity contribution in [1.29, 1.82) is 0 Å². The van der Waals surface area contributed by atoms with Gasteiger partial charge in [-0.2, -0.15) is 0 Å².